The molecule has 2 atom stereocenters. The molecule has 0 aliphatic heterocycles. The van der Waals surface area contributed by atoms with Crippen molar-refractivity contribution in [1.29, 1.82) is 0 Å². The van der Waals surface area contributed by atoms with Crippen LogP contribution < -0.4 is 4.72 Å². The van der Waals surface area contributed by atoms with E-state index in [-0.39, 0.29) is 10.8 Å². The lowest BCUT2D eigenvalue weighted by Gasteiger charge is -2.21. The first kappa shape index (κ1) is 13.4. The van der Waals surface area contributed by atoms with Gasteiger partial charge in [-0.15, -0.1) is 0 Å². The van der Waals surface area contributed by atoms with Crippen LogP contribution in [-0.4, -0.2) is 15.0 Å². The van der Waals surface area contributed by atoms with Crippen molar-refractivity contribution in [2.75, 3.05) is 0 Å². The molecule has 0 fully saturated rings. The summed E-state index contributed by atoms with van der Waals surface area (Å²) in [5.41, 5.74) is 1.27. The largest absolute Gasteiger partial charge is 0.242 e. The molecule has 0 saturated carbocycles. The number of nitrogens with one attached hydrogen (secondary N) is 1. The van der Waals surface area contributed by atoms with Crippen LogP contribution in [0.15, 0.2) is 30.3 Å². The fourth-order valence-corrected chi connectivity index (χ4v) is 2.17. The van der Waals surface area contributed by atoms with E-state index < -0.39 is 11.0 Å². The Labute approximate surface area is 101 Å². The van der Waals surface area contributed by atoms with Crippen LogP contribution in [0.5, 0.6) is 0 Å². The third-order valence-corrected chi connectivity index (χ3v) is 3.98. The molecule has 0 amide bonds. The van der Waals surface area contributed by atoms with Gasteiger partial charge in [0.05, 0.1) is 15.7 Å². The zero-order chi connectivity index (χ0) is 12.2. The SMILES string of the molecule is C[C@H](Cc1ccccc1)NS(=O)C(C)(C)C. The predicted octanol–water partition coefficient (Wildman–Crippen LogP) is 2.67. The maximum atomic E-state index is 11.9. The van der Waals surface area contributed by atoms with E-state index >= 15 is 0 Å². The molecule has 90 valence electrons. The van der Waals surface area contributed by atoms with Crippen LogP contribution in [0.2, 0.25) is 0 Å². The van der Waals surface area contributed by atoms with Crippen molar-refractivity contribution in [3.05, 3.63) is 35.9 Å². The summed E-state index contributed by atoms with van der Waals surface area (Å²) in [7, 11) is -0.991. The number of benzene rings is 1. The van der Waals surface area contributed by atoms with E-state index in [0.717, 1.165) is 6.42 Å². The van der Waals surface area contributed by atoms with Gasteiger partial charge in [-0.05, 0) is 39.7 Å². The topological polar surface area (TPSA) is 29.1 Å². The summed E-state index contributed by atoms with van der Waals surface area (Å²) in [5.74, 6) is 0. The third kappa shape index (κ3) is 4.45. The lowest BCUT2D eigenvalue weighted by Crippen LogP contribution is -2.39. The van der Waals surface area contributed by atoms with Crippen LogP contribution in [0.4, 0.5) is 0 Å². The Balaban J connectivity index is 2.49. The predicted molar refractivity (Wildman–Crippen MR) is 70.6 cm³/mol. The smallest absolute Gasteiger partial charge is 0.0972 e. The molecule has 2 nitrogen and oxygen atoms in total. The van der Waals surface area contributed by atoms with Crippen LogP contribution in [0.25, 0.3) is 0 Å². The highest BCUT2D eigenvalue weighted by Crippen LogP contribution is 2.10. The highest BCUT2D eigenvalue weighted by atomic mass is 32.2. The molecule has 16 heavy (non-hydrogen) atoms. The first-order chi connectivity index (χ1) is 7.39. The first-order valence-electron chi connectivity index (χ1n) is 5.61. The summed E-state index contributed by atoms with van der Waals surface area (Å²) in [6.45, 7) is 8.00. The summed E-state index contributed by atoms with van der Waals surface area (Å²) < 4.78 is 14.8. The van der Waals surface area contributed by atoms with E-state index in [9.17, 15) is 4.21 Å². The Morgan fingerprint density at radius 1 is 1.25 bits per heavy atom. The summed E-state index contributed by atoms with van der Waals surface area (Å²) in [5, 5.41) is 0. The minimum absolute atomic E-state index is 0.203. The Bertz CT molecular complexity index is 343. The van der Waals surface area contributed by atoms with Gasteiger partial charge in [-0.1, -0.05) is 30.3 Å². The zero-order valence-corrected chi connectivity index (χ0v) is 11.3. The van der Waals surface area contributed by atoms with Crippen molar-refractivity contribution in [3.8, 4) is 0 Å². The van der Waals surface area contributed by atoms with Crippen LogP contribution in [0.3, 0.4) is 0 Å². The monoisotopic (exact) mass is 239 g/mol. The van der Waals surface area contributed by atoms with Gasteiger partial charge in [0.25, 0.3) is 0 Å². The summed E-state index contributed by atoms with van der Waals surface area (Å²) in [6, 6.07) is 10.5. The molecule has 0 saturated heterocycles. The average Bonchev–Trinajstić information content (AvgIpc) is 2.17. The Morgan fingerprint density at radius 3 is 2.31 bits per heavy atom. The number of hydrogen-bond donors (Lipinski definition) is 1. The van der Waals surface area contributed by atoms with Gasteiger partial charge < -0.3 is 0 Å². The molecule has 3 heteroatoms. The second-order valence-corrected chi connectivity index (χ2v) is 7.09. The molecule has 0 bridgehead atoms. The molecule has 0 heterocycles. The lowest BCUT2D eigenvalue weighted by atomic mass is 10.1. The van der Waals surface area contributed by atoms with E-state index in [1.807, 2.05) is 39.0 Å². The van der Waals surface area contributed by atoms with Crippen LogP contribution in [0, 0.1) is 0 Å². The lowest BCUT2D eigenvalue weighted by molar-refractivity contribution is 0.604. The summed E-state index contributed by atoms with van der Waals surface area (Å²) in [6.07, 6.45) is 0.905. The van der Waals surface area contributed by atoms with E-state index in [1.54, 1.807) is 0 Å². The van der Waals surface area contributed by atoms with Gasteiger partial charge in [0, 0.05) is 6.04 Å². The molecule has 0 radical (unpaired) electrons. The highest BCUT2D eigenvalue weighted by molar-refractivity contribution is 7.84. The van der Waals surface area contributed by atoms with Gasteiger partial charge in [-0.2, -0.15) is 0 Å². The second-order valence-electron chi connectivity index (χ2n) is 5.09. The van der Waals surface area contributed by atoms with Gasteiger partial charge in [-0.3, -0.25) is 0 Å². The normalized spacial score (nSPS) is 15.8. The molecular weight excluding hydrogens is 218 g/mol. The summed E-state index contributed by atoms with van der Waals surface area (Å²) >= 11 is 0. The van der Waals surface area contributed by atoms with Crippen LogP contribution >= 0.6 is 0 Å². The Kier molecular flexibility index (Phi) is 4.69. The molecule has 0 aromatic heterocycles. The first-order valence-corrected chi connectivity index (χ1v) is 6.76. The van der Waals surface area contributed by atoms with Crippen LogP contribution in [0.1, 0.15) is 33.3 Å². The Hall–Kier alpha value is -0.670. The quantitative estimate of drug-likeness (QED) is 0.860. The van der Waals surface area contributed by atoms with Crippen molar-refractivity contribution in [3.63, 3.8) is 0 Å². The van der Waals surface area contributed by atoms with Gasteiger partial charge in [0.1, 0.15) is 0 Å². The molecule has 1 rings (SSSR count). The summed E-state index contributed by atoms with van der Waals surface area (Å²) in [4.78, 5) is 0. The molecule has 1 N–H and O–H groups in total. The van der Waals surface area contributed by atoms with Crippen molar-refractivity contribution >= 4 is 11.0 Å². The average molecular weight is 239 g/mol. The van der Waals surface area contributed by atoms with Gasteiger partial charge in [0.15, 0.2) is 0 Å². The van der Waals surface area contributed by atoms with Gasteiger partial charge in [0.2, 0.25) is 0 Å². The van der Waals surface area contributed by atoms with Crippen molar-refractivity contribution in [2.24, 2.45) is 0 Å². The van der Waals surface area contributed by atoms with Crippen molar-refractivity contribution in [2.45, 2.75) is 44.9 Å². The van der Waals surface area contributed by atoms with E-state index in [1.165, 1.54) is 5.56 Å². The number of rotatable bonds is 4. The van der Waals surface area contributed by atoms with E-state index in [4.69, 9.17) is 0 Å². The fraction of sp³-hybridized carbons (Fsp3) is 0.538. The van der Waals surface area contributed by atoms with Crippen molar-refractivity contribution < 1.29 is 4.21 Å². The molecular formula is C13H21NOS. The minimum Gasteiger partial charge on any atom is -0.242 e. The third-order valence-electron chi connectivity index (χ3n) is 2.25. The second kappa shape index (κ2) is 5.60. The number of hydrogen-bond acceptors (Lipinski definition) is 1. The van der Waals surface area contributed by atoms with E-state index in [2.05, 4.69) is 23.8 Å². The molecule has 1 unspecified atom stereocenters. The molecule has 1 aromatic rings. The molecule has 1 aromatic carbocycles. The van der Waals surface area contributed by atoms with Gasteiger partial charge in [-0.25, -0.2) is 8.93 Å². The maximum absolute atomic E-state index is 11.9. The van der Waals surface area contributed by atoms with Crippen molar-refractivity contribution in [1.82, 2.24) is 4.72 Å². The standard InChI is InChI=1S/C13H21NOS/c1-11(14-16(15)13(2,3)4)10-12-8-6-5-7-9-12/h5-9,11,14H,10H2,1-4H3/t11-,16?/m1/s1. The van der Waals surface area contributed by atoms with Crippen LogP contribution in [-0.2, 0) is 17.4 Å². The molecule has 0 spiro atoms. The highest BCUT2D eigenvalue weighted by Gasteiger charge is 2.20. The molecule has 0 aliphatic carbocycles. The zero-order valence-electron chi connectivity index (χ0n) is 10.5. The maximum Gasteiger partial charge on any atom is 0.0972 e. The Morgan fingerprint density at radius 2 is 1.81 bits per heavy atom. The molecule has 0 aliphatic rings. The van der Waals surface area contributed by atoms with Gasteiger partial charge >= 0.3 is 0 Å². The minimum atomic E-state index is -0.991. The fourth-order valence-electron chi connectivity index (χ4n) is 1.37. The van der Waals surface area contributed by atoms with E-state index in [0.29, 0.717) is 0 Å².